The van der Waals surface area contributed by atoms with Gasteiger partial charge in [0.05, 0.1) is 6.54 Å². The van der Waals surface area contributed by atoms with Crippen LogP contribution in [-0.4, -0.2) is 14.3 Å². The maximum atomic E-state index is 4.41. The van der Waals surface area contributed by atoms with Crippen molar-refractivity contribution in [3.8, 4) is 0 Å². The van der Waals surface area contributed by atoms with Crippen molar-refractivity contribution >= 4 is 22.5 Å². The molecule has 3 aromatic rings. The van der Waals surface area contributed by atoms with Crippen molar-refractivity contribution in [1.82, 2.24) is 14.3 Å². The predicted molar refractivity (Wildman–Crippen MR) is 81.2 cm³/mol. The third-order valence-corrected chi connectivity index (χ3v) is 3.66. The average Bonchev–Trinajstić information content (AvgIpc) is 3.01. The van der Waals surface area contributed by atoms with Crippen molar-refractivity contribution in [2.45, 2.75) is 13.5 Å². The van der Waals surface area contributed by atoms with E-state index >= 15 is 0 Å². The van der Waals surface area contributed by atoms with Crippen LogP contribution in [0.15, 0.2) is 55.0 Å². The SMILES string of the molecule is Cc1ccc(CN(c2ccccn2)c2ncns2)cc1. The van der Waals surface area contributed by atoms with Crippen molar-refractivity contribution in [3.05, 3.63) is 66.1 Å². The molecule has 0 atom stereocenters. The van der Waals surface area contributed by atoms with Crippen LogP contribution in [-0.2, 0) is 6.54 Å². The van der Waals surface area contributed by atoms with E-state index in [4.69, 9.17) is 0 Å². The van der Waals surface area contributed by atoms with Gasteiger partial charge in [0.25, 0.3) is 0 Å². The number of hydrogen-bond donors (Lipinski definition) is 0. The van der Waals surface area contributed by atoms with E-state index in [-0.39, 0.29) is 0 Å². The van der Waals surface area contributed by atoms with E-state index in [1.54, 1.807) is 12.5 Å². The third kappa shape index (κ3) is 2.83. The van der Waals surface area contributed by atoms with E-state index in [2.05, 4.69) is 50.4 Å². The topological polar surface area (TPSA) is 41.9 Å². The molecule has 20 heavy (non-hydrogen) atoms. The first kappa shape index (κ1) is 12.7. The Kier molecular flexibility index (Phi) is 3.69. The Morgan fingerprint density at radius 1 is 1.05 bits per heavy atom. The van der Waals surface area contributed by atoms with Crippen LogP contribution in [0.2, 0.25) is 0 Å². The number of nitrogens with zero attached hydrogens (tertiary/aromatic N) is 4. The van der Waals surface area contributed by atoms with Crippen LogP contribution in [0.4, 0.5) is 10.9 Å². The Labute approximate surface area is 121 Å². The second-order valence-electron chi connectivity index (χ2n) is 4.48. The summed E-state index contributed by atoms with van der Waals surface area (Å²) >= 11 is 1.37. The molecule has 5 heteroatoms. The molecule has 0 radical (unpaired) electrons. The lowest BCUT2D eigenvalue weighted by Crippen LogP contribution is -2.17. The zero-order chi connectivity index (χ0) is 13.8. The van der Waals surface area contributed by atoms with Crippen LogP contribution >= 0.6 is 11.5 Å². The molecule has 0 saturated carbocycles. The van der Waals surface area contributed by atoms with Crippen molar-refractivity contribution in [1.29, 1.82) is 0 Å². The molecule has 2 aromatic heterocycles. The van der Waals surface area contributed by atoms with Crippen LogP contribution in [0.1, 0.15) is 11.1 Å². The van der Waals surface area contributed by atoms with Gasteiger partial charge in [-0.25, -0.2) is 9.97 Å². The summed E-state index contributed by atoms with van der Waals surface area (Å²) in [4.78, 5) is 10.8. The fourth-order valence-electron chi connectivity index (χ4n) is 1.92. The molecule has 0 bridgehead atoms. The van der Waals surface area contributed by atoms with Crippen LogP contribution < -0.4 is 4.90 Å². The molecule has 0 aliphatic rings. The van der Waals surface area contributed by atoms with Gasteiger partial charge in [-0.15, -0.1) is 0 Å². The molecule has 0 spiro atoms. The molecule has 0 fully saturated rings. The Morgan fingerprint density at radius 2 is 1.90 bits per heavy atom. The lowest BCUT2D eigenvalue weighted by molar-refractivity contribution is 0.938. The zero-order valence-electron chi connectivity index (χ0n) is 11.1. The third-order valence-electron chi connectivity index (χ3n) is 2.97. The summed E-state index contributed by atoms with van der Waals surface area (Å²) < 4.78 is 4.09. The molecule has 2 heterocycles. The van der Waals surface area contributed by atoms with Gasteiger partial charge in [-0.1, -0.05) is 35.9 Å². The second-order valence-corrected chi connectivity index (χ2v) is 5.24. The first-order chi connectivity index (χ1) is 9.83. The molecule has 3 rings (SSSR count). The highest BCUT2D eigenvalue weighted by Gasteiger charge is 2.13. The smallest absolute Gasteiger partial charge is 0.210 e. The fourth-order valence-corrected chi connectivity index (χ4v) is 2.46. The minimum atomic E-state index is 0.729. The van der Waals surface area contributed by atoms with Gasteiger partial charge in [-0.2, -0.15) is 4.37 Å². The molecule has 0 saturated heterocycles. The number of anilines is 2. The van der Waals surface area contributed by atoms with Gasteiger partial charge in [0.15, 0.2) is 0 Å². The number of aryl methyl sites for hydroxylation is 1. The summed E-state index contributed by atoms with van der Waals surface area (Å²) in [6.45, 7) is 2.82. The monoisotopic (exact) mass is 282 g/mol. The van der Waals surface area contributed by atoms with E-state index in [9.17, 15) is 0 Å². The van der Waals surface area contributed by atoms with Gasteiger partial charge in [0.2, 0.25) is 5.13 Å². The van der Waals surface area contributed by atoms with Crippen LogP contribution in [0.5, 0.6) is 0 Å². The standard InChI is InChI=1S/C15H14N4S/c1-12-5-7-13(8-6-12)10-19(15-17-11-18-20-15)14-4-2-3-9-16-14/h2-9,11H,10H2,1H3. The Morgan fingerprint density at radius 3 is 2.55 bits per heavy atom. The maximum Gasteiger partial charge on any atom is 0.210 e. The fraction of sp³-hybridized carbons (Fsp3) is 0.133. The van der Waals surface area contributed by atoms with Crippen molar-refractivity contribution < 1.29 is 0 Å². The molecular weight excluding hydrogens is 268 g/mol. The van der Waals surface area contributed by atoms with Gasteiger partial charge in [-0.05, 0) is 24.6 Å². The quantitative estimate of drug-likeness (QED) is 0.733. The Bertz CT molecular complexity index is 650. The Hall–Kier alpha value is -2.27. The number of hydrogen-bond acceptors (Lipinski definition) is 5. The van der Waals surface area contributed by atoms with E-state index in [1.165, 1.54) is 22.7 Å². The first-order valence-electron chi connectivity index (χ1n) is 6.34. The molecule has 0 unspecified atom stereocenters. The van der Waals surface area contributed by atoms with Gasteiger partial charge in [0.1, 0.15) is 12.1 Å². The molecule has 0 N–H and O–H groups in total. The van der Waals surface area contributed by atoms with E-state index in [0.29, 0.717) is 0 Å². The minimum Gasteiger partial charge on any atom is -0.297 e. The van der Waals surface area contributed by atoms with Crippen molar-refractivity contribution in [3.63, 3.8) is 0 Å². The molecule has 100 valence electrons. The largest absolute Gasteiger partial charge is 0.297 e. The van der Waals surface area contributed by atoms with E-state index in [0.717, 1.165) is 17.5 Å². The molecule has 0 aliphatic heterocycles. The predicted octanol–water partition coefficient (Wildman–Crippen LogP) is 3.58. The minimum absolute atomic E-state index is 0.729. The van der Waals surface area contributed by atoms with Crippen LogP contribution in [0.25, 0.3) is 0 Å². The van der Waals surface area contributed by atoms with Crippen molar-refractivity contribution in [2.24, 2.45) is 0 Å². The normalized spacial score (nSPS) is 10.4. The summed E-state index contributed by atoms with van der Waals surface area (Å²) in [5.74, 6) is 0.879. The van der Waals surface area contributed by atoms with Crippen LogP contribution in [0, 0.1) is 6.92 Å². The summed E-state index contributed by atoms with van der Waals surface area (Å²) in [5, 5.41) is 0.851. The summed E-state index contributed by atoms with van der Waals surface area (Å²) in [6.07, 6.45) is 3.36. The Balaban J connectivity index is 1.92. The lowest BCUT2D eigenvalue weighted by atomic mass is 10.1. The van der Waals surface area contributed by atoms with E-state index < -0.39 is 0 Å². The summed E-state index contributed by atoms with van der Waals surface area (Å²) in [5.41, 5.74) is 2.48. The molecule has 0 aliphatic carbocycles. The molecular formula is C15H14N4S. The van der Waals surface area contributed by atoms with Gasteiger partial charge in [0, 0.05) is 17.7 Å². The summed E-state index contributed by atoms with van der Waals surface area (Å²) in [7, 11) is 0. The van der Waals surface area contributed by atoms with E-state index in [1.807, 2.05) is 18.2 Å². The van der Waals surface area contributed by atoms with Gasteiger partial charge >= 0.3 is 0 Å². The lowest BCUT2D eigenvalue weighted by Gasteiger charge is -2.20. The average molecular weight is 282 g/mol. The summed E-state index contributed by atoms with van der Waals surface area (Å²) in [6, 6.07) is 14.4. The van der Waals surface area contributed by atoms with Gasteiger partial charge < -0.3 is 0 Å². The second kappa shape index (κ2) is 5.79. The van der Waals surface area contributed by atoms with Crippen LogP contribution in [0.3, 0.4) is 0 Å². The molecule has 0 amide bonds. The number of aromatic nitrogens is 3. The number of rotatable bonds is 4. The zero-order valence-corrected chi connectivity index (χ0v) is 11.9. The maximum absolute atomic E-state index is 4.41. The van der Waals surface area contributed by atoms with Crippen molar-refractivity contribution in [2.75, 3.05) is 4.90 Å². The first-order valence-corrected chi connectivity index (χ1v) is 7.11. The highest BCUT2D eigenvalue weighted by atomic mass is 32.1. The molecule has 1 aromatic carbocycles. The highest BCUT2D eigenvalue weighted by molar-refractivity contribution is 7.09. The number of benzene rings is 1. The molecule has 4 nitrogen and oxygen atoms in total. The number of pyridine rings is 1. The van der Waals surface area contributed by atoms with Gasteiger partial charge in [-0.3, -0.25) is 4.90 Å². The highest BCUT2D eigenvalue weighted by Crippen LogP contribution is 2.26.